The summed E-state index contributed by atoms with van der Waals surface area (Å²) in [6.45, 7) is 0.374. The highest BCUT2D eigenvalue weighted by Gasteiger charge is 2.09. The topological polar surface area (TPSA) is 109 Å². The van der Waals surface area contributed by atoms with Crippen LogP contribution < -0.4 is 10.6 Å². The number of carbonyl (C=O) groups excluding carboxylic acids is 1. The fourth-order valence-electron chi connectivity index (χ4n) is 1.47. The predicted octanol–water partition coefficient (Wildman–Crippen LogP) is 0.939. The number of aromatic nitrogens is 3. The lowest BCUT2D eigenvalue weighted by Crippen LogP contribution is -2.30. The van der Waals surface area contributed by atoms with E-state index in [0.29, 0.717) is 23.7 Å². The van der Waals surface area contributed by atoms with E-state index in [2.05, 4.69) is 20.7 Å². The lowest BCUT2D eigenvalue weighted by molar-refractivity contribution is 0.0691. The van der Waals surface area contributed by atoms with Crippen molar-refractivity contribution in [1.82, 2.24) is 20.1 Å². The third-order valence-electron chi connectivity index (χ3n) is 2.36. The van der Waals surface area contributed by atoms with Crippen LogP contribution >= 0.6 is 11.3 Å². The molecule has 0 atom stereocenters. The smallest absolute Gasteiger partial charge is 0.355 e. The van der Waals surface area contributed by atoms with Gasteiger partial charge in [0.15, 0.2) is 5.69 Å². The van der Waals surface area contributed by atoms with Gasteiger partial charge in [-0.3, -0.25) is 4.68 Å². The second kappa shape index (κ2) is 6.15. The van der Waals surface area contributed by atoms with Crippen molar-refractivity contribution >= 4 is 29.0 Å². The molecule has 0 aromatic carbocycles. The predicted molar refractivity (Wildman–Crippen MR) is 73.0 cm³/mol. The van der Waals surface area contributed by atoms with Crippen molar-refractivity contribution in [3.8, 4) is 0 Å². The Labute approximate surface area is 118 Å². The molecular formula is C11H13N5O3S. The first kappa shape index (κ1) is 14.0. The van der Waals surface area contributed by atoms with Crippen molar-refractivity contribution in [3.05, 3.63) is 28.5 Å². The zero-order valence-electron chi connectivity index (χ0n) is 10.7. The summed E-state index contributed by atoms with van der Waals surface area (Å²) >= 11 is 1.26. The summed E-state index contributed by atoms with van der Waals surface area (Å²) in [4.78, 5) is 26.1. The monoisotopic (exact) mass is 295 g/mol. The molecule has 0 aliphatic heterocycles. The highest BCUT2D eigenvalue weighted by atomic mass is 32.1. The van der Waals surface area contributed by atoms with Gasteiger partial charge >= 0.3 is 12.0 Å². The Balaban J connectivity index is 1.74. The van der Waals surface area contributed by atoms with Crippen LogP contribution in [0.1, 0.15) is 15.5 Å². The highest BCUT2D eigenvalue weighted by molar-refractivity contribution is 7.09. The molecule has 20 heavy (non-hydrogen) atoms. The fourth-order valence-corrected chi connectivity index (χ4v) is 2.24. The van der Waals surface area contributed by atoms with Gasteiger partial charge < -0.3 is 15.7 Å². The number of amides is 2. The van der Waals surface area contributed by atoms with Gasteiger partial charge in [-0.2, -0.15) is 5.10 Å². The molecule has 8 nitrogen and oxygen atoms in total. The summed E-state index contributed by atoms with van der Waals surface area (Å²) in [5.74, 6) is -1.05. The summed E-state index contributed by atoms with van der Waals surface area (Å²) < 4.78 is 1.58. The van der Waals surface area contributed by atoms with E-state index in [4.69, 9.17) is 5.11 Å². The first-order valence-corrected chi connectivity index (χ1v) is 6.64. The summed E-state index contributed by atoms with van der Waals surface area (Å²) in [7, 11) is 1.76. The Hall–Kier alpha value is -2.42. The van der Waals surface area contributed by atoms with Gasteiger partial charge in [0.05, 0.1) is 16.9 Å². The molecule has 0 spiro atoms. The van der Waals surface area contributed by atoms with Crippen molar-refractivity contribution in [1.29, 1.82) is 0 Å². The van der Waals surface area contributed by atoms with Crippen LogP contribution in [0.2, 0.25) is 0 Å². The number of rotatable bonds is 5. The Morgan fingerprint density at radius 1 is 1.50 bits per heavy atom. The van der Waals surface area contributed by atoms with Crippen molar-refractivity contribution in [2.75, 3.05) is 11.9 Å². The second-order valence-electron chi connectivity index (χ2n) is 3.97. The van der Waals surface area contributed by atoms with Crippen molar-refractivity contribution < 1.29 is 14.7 Å². The molecule has 0 aliphatic carbocycles. The van der Waals surface area contributed by atoms with E-state index in [1.807, 2.05) is 0 Å². The Kier molecular flexibility index (Phi) is 4.31. The molecule has 2 amide bonds. The third-order valence-corrected chi connectivity index (χ3v) is 3.27. The molecule has 2 rings (SSSR count). The normalized spacial score (nSPS) is 10.2. The largest absolute Gasteiger partial charge is 0.476 e. The quantitative estimate of drug-likeness (QED) is 0.760. The van der Waals surface area contributed by atoms with Crippen LogP contribution in [0.3, 0.4) is 0 Å². The zero-order valence-corrected chi connectivity index (χ0v) is 11.5. The Bertz CT molecular complexity index is 621. The number of carboxylic acids is 1. The average Bonchev–Trinajstić information content (AvgIpc) is 2.99. The average molecular weight is 295 g/mol. The van der Waals surface area contributed by atoms with Crippen LogP contribution in [0, 0.1) is 0 Å². The van der Waals surface area contributed by atoms with E-state index in [9.17, 15) is 9.59 Å². The SMILES string of the molecule is Cn1cc(NC(=O)NCCc2nc(C(=O)O)cs2)cn1. The molecule has 0 unspecified atom stereocenters. The first-order valence-electron chi connectivity index (χ1n) is 5.76. The van der Waals surface area contributed by atoms with Crippen LogP contribution in [0.4, 0.5) is 10.5 Å². The van der Waals surface area contributed by atoms with E-state index in [1.54, 1.807) is 24.1 Å². The lowest BCUT2D eigenvalue weighted by atomic mass is 10.4. The number of anilines is 1. The Morgan fingerprint density at radius 3 is 2.90 bits per heavy atom. The van der Waals surface area contributed by atoms with Gasteiger partial charge in [0.1, 0.15) is 0 Å². The molecule has 3 N–H and O–H groups in total. The molecule has 0 aliphatic rings. The summed E-state index contributed by atoms with van der Waals surface area (Å²) in [6, 6.07) is -0.340. The molecule has 0 saturated heterocycles. The molecule has 2 aromatic heterocycles. The van der Waals surface area contributed by atoms with Crippen molar-refractivity contribution in [2.24, 2.45) is 7.05 Å². The molecule has 0 saturated carbocycles. The zero-order chi connectivity index (χ0) is 14.5. The van der Waals surface area contributed by atoms with Gasteiger partial charge in [0, 0.05) is 31.6 Å². The maximum absolute atomic E-state index is 11.6. The highest BCUT2D eigenvalue weighted by Crippen LogP contribution is 2.10. The number of carboxylic acid groups (broad SMARTS) is 1. The van der Waals surface area contributed by atoms with Gasteiger partial charge in [-0.05, 0) is 0 Å². The first-order chi connectivity index (χ1) is 9.54. The van der Waals surface area contributed by atoms with E-state index >= 15 is 0 Å². The standard InChI is InChI=1S/C11H13N5O3S/c1-16-5-7(4-13-16)14-11(19)12-3-2-9-15-8(6-20-9)10(17)18/h4-6H,2-3H2,1H3,(H,17,18)(H2,12,14,19). The number of aromatic carboxylic acids is 1. The Morgan fingerprint density at radius 2 is 2.30 bits per heavy atom. The van der Waals surface area contributed by atoms with Crippen LogP contribution in [0.5, 0.6) is 0 Å². The van der Waals surface area contributed by atoms with E-state index in [0.717, 1.165) is 0 Å². The number of aryl methyl sites for hydroxylation is 1. The van der Waals surface area contributed by atoms with Gasteiger partial charge in [-0.25, -0.2) is 14.6 Å². The molecule has 0 radical (unpaired) electrons. The van der Waals surface area contributed by atoms with Crippen LogP contribution in [-0.4, -0.2) is 38.4 Å². The second-order valence-corrected chi connectivity index (χ2v) is 4.91. The number of hydrogen-bond donors (Lipinski definition) is 3. The number of carbonyl (C=O) groups is 2. The maximum atomic E-state index is 11.6. The van der Waals surface area contributed by atoms with Crippen LogP contribution in [0.25, 0.3) is 0 Å². The van der Waals surface area contributed by atoms with E-state index in [-0.39, 0.29) is 11.7 Å². The molecule has 2 heterocycles. The van der Waals surface area contributed by atoms with Crippen molar-refractivity contribution in [3.63, 3.8) is 0 Å². The van der Waals surface area contributed by atoms with Gasteiger partial charge in [0.25, 0.3) is 0 Å². The van der Waals surface area contributed by atoms with Gasteiger partial charge in [-0.15, -0.1) is 11.3 Å². The number of hydrogen-bond acceptors (Lipinski definition) is 5. The molecular weight excluding hydrogens is 282 g/mol. The summed E-state index contributed by atoms with van der Waals surface area (Å²) in [6.07, 6.45) is 3.71. The summed E-state index contributed by atoms with van der Waals surface area (Å²) in [5, 5.41) is 20.1. The molecule has 9 heteroatoms. The lowest BCUT2D eigenvalue weighted by Gasteiger charge is -2.04. The van der Waals surface area contributed by atoms with E-state index < -0.39 is 5.97 Å². The number of thiazole rings is 1. The molecule has 106 valence electrons. The summed E-state index contributed by atoms with van der Waals surface area (Å²) in [5.41, 5.74) is 0.636. The minimum Gasteiger partial charge on any atom is -0.476 e. The van der Waals surface area contributed by atoms with E-state index in [1.165, 1.54) is 16.7 Å². The van der Waals surface area contributed by atoms with Gasteiger partial charge in [-0.1, -0.05) is 0 Å². The van der Waals surface area contributed by atoms with Crippen LogP contribution in [-0.2, 0) is 13.5 Å². The molecule has 0 bridgehead atoms. The molecule has 0 fully saturated rings. The number of urea groups is 1. The minimum atomic E-state index is -1.05. The number of nitrogens with zero attached hydrogens (tertiary/aromatic N) is 3. The van der Waals surface area contributed by atoms with Crippen molar-refractivity contribution in [2.45, 2.75) is 6.42 Å². The maximum Gasteiger partial charge on any atom is 0.355 e. The van der Waals surface area contributed by atoms with Gasteiger partial charge in [0.2, 0.25) is 0 Å². The number of nitrogens with one attached hydrogen (secondary N) is 2. The fraction of sp³-hybridized carbons (Fsp3) is 0.273. The van der Waals surface area contributed by atoms with Crippen LogP contribution in [0.15, 0.2) is 17.8 Å². The third kappa shape index (κ3) is 3.79. The molecule has 2 aromatic rings. The minimum absolute atomic E-state index is 0.0322.